The van der Waals surface area contributed by atoms with Crippen molar-refractivity contribution in [3.8, 4) is 5.75 Å². The SMILES string of the molecule is CN(C)[C@@H]1CCN(c2ccc(N3CCc4cc(OCC(O)C(F)(F)F)ccc4C3=O)cc2F)C1. The van der Waals surface area contributed by atoms with Gasteiger partial charge in [0.2, 0.25) is 0 Å². The molecule has 0 aliphatic carbocycles. The van der Waals surface area contributed by atoms with E-state index in [0.717, 1.165) is 19.5 Å². The summed E-state index contributed by atoms with van der Waals surface area (Å²) in [6.07, 6.45) is -5.97. The Hall–Kier alpha value is -2.85. The highest BCUT2D eigenvalue weighted by molar-refractivity contribution is 6.08. The third-order valence-electron chi connectivity index (χ3n) is 6.42. The van der Waals surface area contributed by atoms with Crippen molar-refractivity contribution in [3.63, 3.8) is 0 Å². The molecule has 2 aromatic carbocycles. The van der Waals surface area contributed by atoms with Crippen LogP contribution in [0.2, 0.25) is 0 Å². The van der Waals surface area contributed by atoms with Gasteiger partial charge in [0.1, 0.15) is 18.2 Å². The molecule has 1 saturated heterocycles. The molecule has 1 N–H and O–H groups in total. The standard InChI is InChI=1S/C24H27F4N3O3/c1-29(2)17-8-9-30(13-17)21-6-3-16(12-20(21)25)31-10-7-15-11-18(4-5-19(15)23(31)33)34-14-22(32)24(26,27)28/h3-6,11-12,17,22,32H,7-10,13-14H2,1-2H3/t17-,22?/m1/s1. The number of alkyl halides is 3. The van der Waals surface area contributed by atoms with E-state index in [-0.39, 0.29) is 17.5 Å². The number of benzene rings is 2. The van der Waals surface area contributed by atoms with E-state index in [1.54, 1.807) is 12.1 Å². The zero-order valence-electron chi connectivity index (χ0n) is 19.0. The van der Waals surface area contributed by atoms with Crippen molar-refractivity contribution in [2.75, 3.05) is 50.1 Å². The van der Waals surface area contributed by atoms with Crippen LogP contribution in [0.5, 0.6) is 5.75 Å². The molecule has 0 spiro atoms. The van der Waals surface area contributed by atoms with Gasteiger partial charge in [-0.05, 0) is 68.9 Å². The van der Waals surface area contributed by atoms with Crippen LogP contribution in [-0.4, -0.2) is 74.6 Å². The minimum Gasteiger partial charge on any atom is -0.491 e. The highest BCUT2D eigenvalue weighted by Gasteiger charge is 2.39. The number of likely N-dealkylation sites (N-methyl/N-ethyl adjacent to an activating group) is 1. The molecule has 34 heavy (non-hydrogen) atoms. The van der Waals surface area contributed by atoms with Gasteiger partial charge in [0, 0.05) is 36.9 Å². The molecule has 6 nitrogen and oxygen atoms in total. The Morgan fingerprint density at radius 3 is 2.59 bits per heavy atom. The highest BCUT2D eigenvalue weighted by atomic mass is 19.4. The minimum absolute atomic E-state index is 0.139. The van der Waals surface area contributed by atoms with Crippen LogP contribution in [-0.2, 0) is 6.42 Å². The van der Waals surface area contributed by atoms with Crippen molar-refractivity contribution >= 4 is 17.3 Å². The van der Waals surface area contributed by atoms with Crippen LogP contribution in [0.1, 0.15) is 22.3 Å². The summed E-state index contributed by atoms with van der Waals surface area (Å²) in [7, 11) is 4.02. The van der Waals surface area contributed by atoms with E-state index in [0.29, 0.717) is 41.5 Å². The number of carbonyl (C=O) groups is 1. The summed E-state index contributed by atoms with van der Waals surface area (Å²) in [5, 5.41) is 9.09. The number of ether oxygens (including phenoxy) is 1. The fourth-order valence-electron chi connectivity index (χ4n) is 4.37. The van der Waals surface area contributed by atoms with Gasteiger partial charge in [0.25, 0.3) is 5.91 Å². The lowest BCUT2D eigenvalue weighted by molar-refractivity contribution is -0.210. The third kappa shape index (κ3) is 4.97. The molecular weight excluding hydrogens is 454 g/mol. The smallest absolute Gasteiger partial charge is 0.417 e. The first kappa shape index (κ1) is 24.3. The fraction of sp³-hybridized carbons (Fsp3) is 0.458. The number of aliphatic hydroxyl groups is 1. The molecule has 1 amide bonds. The number of hydrogen-bond acceptors (Lipinski definition) is 5. The molecule has 2 aromatic rings. The van der Waals surface area contributed by atoms with Gasteiger partial charge in [-0.15, -0.1) is 0 Å². The summed E-state index contributed by atoms with van der Waals surface area (Å²) in [5.74, 6) is -0.563. The van der Waals surface area contributed by atoms with Crippen molar-refractivity contribution < 1.29 is 32.2 Å². The van der Waals surface area contributed by atoms with E-state index < -0.39 is 18.9 Å². The number of aliphatic hydroxyl groups excluding tert-OH is 1. The van der Waals surface area contributed by atoms with E-state index in [1.165, 1.54) is 29.2 Å². The van der Waals surface area contributed by atoms with Gasteiger partial charge in [-0.2, -0.15) is 13.2 Å². The lowest BCUT2D eigenvalue weighted by atomic mass is 9.98. The molecule has 4 rings (SSSR count). The fourth-order valence-corrected chi connectivity index (χ4v) is 4.37. The van der Waals surface area contributed by atoms with Crippen molar-refractivity contribution in [3.05, 3.63) is 53.3 Å². The second-order valence-electron chi connectivity index (χ2n) is 8.88. The lowest BCUT2D eigenvalue weighted by Crippen LogP contribution is -2.38. The Labute approximate surface area is 195 Å². The number of rotatable bonds is 6. The number of anilines is 2. The van der Waals surface area contributed by atoms with Crippen molar-refractivity contribution in [2.45, 2.75) is 31.2 Å². The van der Waals surface area contributed by atoms with E-state index in [4.69, 9.17) is 9.84 Å². The van der Waals surface area contributed by atoms with Gasteiger partial charge in [0.05, 0.1) is 5.69 Å². The maximum absolute atomic E-state index is 15.0. The molecule has 0 saturated carbocycles. The number of halogens is 4. The molecule has 2 atom stereocenters. The zero-order valence-corrected chi connectivity index (χ0v) is 19.0. The van der Waals surface area contributed by atoms with Crippen molar-refractivity contribution in [1.82, 2.24) is 4.90 Å². The molecule has 0 radical (unpaired) electrons. The van der Waals surface area contributed by atoms with Crippen molar-refractivity contribution in [2.24, 2.45) is 0 Å². The average molecular weight is 481 g/mol. The summed E-state index contributed by atoms with van der Waals surface area (Å²) in [4.78, 5) is 18.7. The molecule has 2 heterocycles. The summed E-state index contributed by atoms with van der Waals surface area (Å²) in [6, 6.07) is 9.55. The number of carbonyl (C=O) groups excluding carboxylic acids is 1. The Bertz CT molecular complexity index is 1060. The van der Waals surface area contributed by atoms with Crippen molar-refractivity contribution in [1.29, 1.82) is 0 Å². The van der Waals surface area contributed by atoms with Gasteiger partial charge in [0.15, 0.2) is 6.10 Å². The zero-order chi connectivity index (χ0) is 24.6. The Morgan fingerprint density at radius 2 is 1.94 bits per heavy atom. The van der Waals surface area contributed by atoms with Crippen LogP contribution in [0.4, 0.5) is 28.9 Å². The predicted octanol–water partition coefficient (Wildman–Crippen LogP) is 3.47. The van der Waals surface area contributed by atoms with Crippen LogP contribution in [0, 0.1) is 5.82 Å². The molecule has 2 aliphatic rings. The quantitative estimate of drug-likeness (QED) is 0.641. The summed E-state index contributed by atoms with van der Waals surface area (Å²) in [6.45, 7) is 0.870. The predicted molar refractivity (Wildman–Crippen MR) is 120 cm³/mol. The first-order valence-corrected chi connectivity index (χ1v) is 11.1. The molecule has 0 aromatic heterocycles. The van der Waals surface area contributed by atoms with E-state index in [9.17, 15) is 22.4 Å². The highest BCUT2D eigenvalue weighted by Crippen LogP contribution is 2.32. The van der Waals surface area contributed by atoms with Crippen LogP contribution < -0.4 is 14.5 Å². The molecule has 10 heteroatoms. The monoisotopic (exact) mass is 481 g/mol. The number of hydrogen-bond donors (Lipinski definition) is 1. The summed E-state index contributed by atoms with van der Waals surface area (Å²) in [5.41, 5.74) is 1.98. The third-order valence-corrected chi connectivity index (χ3v) is 6.42. The first-order chi connectivity index (χ1) is 16.0. The summed E-state index contributed by atoms with van der Waals surface area (Å²) < 4.78 is 57.4. The molecular formula is C24H27F4N3O3. The summed E-state index contributed by atoms with van der Waals surface area (Å²) >= 11 is 0. The second-order valence-corrected chi connectivity index (χ2v) is 8.88. The molecule has 1 fully saturated rings. The van der Waals surface area contributed by atoms with Crippen LogP contribution in [0.15, 0.2) is 36.4 Å². The van der Waals surface area contributed by atoms with Gasteiger partial charge >= 0.3 is 6.18 Å². The maximum Gasteiger partial charge on any atom is 0.417 e. The van der Waals surface area contributed by atoms with Crippen LogP contribution >= 0.6 is 0 Å². The first-order valence-electron chi connectivity index (χ1n) is 11.1. The van der Waals surface area contributed by atoms with Gasteiger partial charge in [-0.3, -0.25) is 4.79 Å². The van der Waals surface area contributed by atoms with E-state index in [2.05, 4.69) is 4.90 Å². The normalized spacial score (nSPS) is 19.5. The molecule has 2 aliphatic heterocycles. The van der Waals surface area contributed by atoms with E-state index >= 15 is 0 Å². The average Bonchev–Trinajstić information content (AvgIpc) is 3.27. The van der Waals surface area contributed by atoms with Crippen LogP contribution in [0.25, 0.3) is 0 Å². The lowest BCUT2D eigenvalue weighted by Gasteiger charge is -2.30. The van der Waals surface area contributed by atoms with Gasteiger partial charge in [-0.1, -0.05) is 0 Å². The van der Waals surface area contributed by atoms with Gasteiger partial charge < -0.3 is 24.5 Å². The largest absolute Gasteiger partial charge is 0.491 e. The Balaban J connectivity index is 1.46. The second kappa shape index (κ2) is 9.42. The molecule has 1 unspecified atom stereocenters. The number of fused-ring (bicyclic) bond motifs is 1. The minimum atomic E-state index is -4.77. The molecule has 0 bridgehead atoms. The number of amides is 1. The number of nitrogens with zero attached hydrogens (tertiary/aromatic N) is 3. The van der Waals surface area contributed by atoms with E-state index in [1.807, 2.05) is 19.0 Å². The van der Waals surface area contributed by atoms with Crippen LogP contribution in [0.3, 0.4) is 0 Å². The Morgan fingerprint density at radius 1 is 1.18 bits per heavy atom. The van der Waals surface area contributed by atoms with Gasteiger partial charge in [-0.25, -0.2) is 4.39 Å². The molecule has 184 valence electrons. The topological polar surface area (TPSA) is 56.3 Å². The maximum atomic E-state index is 15.0. The Kier molecular flexibility index (Phi) is 6.73.